The van der Waals surface area contributed by atoms with Crippen LogP contribution in [0.3, 0.4) is 0 Å². The molecule has 2 amide bonds. The molecule has 4 heteroatoms. The van der Waals surface area contributed by atoms with E-state index < -0.39 is 0 Å². The molecule has 0 aromatic heterocycles. The largest absolute Gasteiger partial charge is 0.335 e. The number of hydrogen-bond acceptors (Lipinski definition) is 2. The van der Waals surface area contributed by atoms with Crippen molar-refractivity contribution < 1.29 is 11.0 Å². The lowest BCUT2D eigenvalue weighted by atomic mass is 9.97. The summed E-state index contributed by atoms with van der Waals surface area (Å²) in [6.07, 6.45) is 3.76. The van der Waals surface area contributed by atoms with Crippen LogP contribution in [0.4, 0.5) is 4.79 Å². The minimum atomic E-state index is -0.0828. The number of amides is 2. The number of hydrogen-bond donors (Lipinski definition) is 1. The summed E-state index contributed by atoms with van der Waals surface area (Å²) in [6, 6.07) is -0.0828. The minimum absolute atomic E-state index is 0. The number of ketones is 1. The molecule has 0 atom stereocenters. The normalized spacial score (nSPS) is 16.9. The lowest BCUT2D eigenvalue weighted by Crippen LogP contribution is -2.55. The smallest absolute Gasteiger partial charge is 0.317 e. The van der Waals surface area contributed by atoms with Crippen LogP contribution in [0.1, 0.15) is 15.3 Å². The Labute approximate surface area is 85.4 Å². The van der Waals surface area contributed by atoms with Crippen LogP contribution >= 0.6 is 0 Å². The summed E-state index contributed by atoms with van der Waals surface area (Å²) >= 11 is 0. The number of rotatable bonds is 3. The zero-order valence-corrected chi connectivity index (χ0v) is 8.62. The molecule has 1 aliphatic heterocycles. The van der Waals surface area contributed by atoms with Crippen molar-refractivity contribution in [1.29, 1.82) is 0 Å². The van der Waals surface area contributed by atoms with Gasteiger partial charge < -0.3 is 10.2 Å². The van der Waals surface area contributed by atoms with Gasteiger partial charge >= 0.3 is 6.03 Å². The first-order chi connectivity index (χ1) is 6.65. The van der Waals surface area contributed by atoms with Crippen LogP contribution in [-0.4, -0.2) is 36.3 Å². The summed E-state index contributed by atoms with van der Waals surface area (Å²) in [4.78, 5) is 23.9. The lowest BCUT2D eigenvalue weighted by Gasteiger charge is -2.37. The fraction of sp³-hybridized carbons (Fsp3) is 0.600. The van der Waals surface area contributed by atoms with Crippen LogP contribution in [0, 0.1) is 5.92 Å². The van der Waals surface area contributed by atoms with Gasteiger partial charge in [-0.3, -0.25) is 4.79 Å². The fourth-order valence-corrected chi connectivity index (χ4v) is 1.28. The van der Waals surface area contributed by atoms with E-state index >= 15 is 0 Å². The first-order valence-corrected chi connectivity index (χ1v) is 4.79. The molecule has 0 aliphatic carbocycles. The molecule has 0 unspecified atom stereocenters. The molecular weight excluding hydrogens is 180 g/mol. The second-order valence-electron chi connectivity index (χ2n) is 3.47. The summed E-state index contributed by atoms with van der Waals surface area (Å²) in [6.45, 7) is 5.16. The Morgan fingerprint density at radius 1 is 1.57 bits per heavy atom. The maximum Gasteiger partial charge on any atom is 0.317 e. The fourth-order valence-electron chi connectivity index (χ4n) is 1.28. The minimum Gasteiger partial charge on any atom is -0.335 e. The number of allylic oxidation sites excluding steroid dienone is 1. The van der Waals surface area contributed by atoms with Gasteiger partial charge in [0.1, 0.15) is 5.78 Å². The maximum absolute atomic E-state index is 11.3. The SMILES string of the molecule is C/C=C/CNC(=O)N1CC(C(C)=O)C1.[HH]. The molecule has 0 saturated carbocycles. The highest BCUT2D eigenvalue weighted by molar-refractivity contribution is 5.83. The third-order valence-corrected chi connectivity index (χ3v) is 2.35. The van der Waals surface area contributed by atoms with Gasteiger partial charge in [0.25, 0.3) is 0 Å². The van der Waals surface area contributed by atoms with Gasteiger partial charge in [0, 0.05) is 21.1 Å². The molecule has 1 fully saturated rings. The van der Waals surface area contributed by atoms with Crippen molar-refractivity contribution in [3.8, 4) is 0 Å². The molecule has 1 saturated heterocycles. The van der Waals surface area contributed by atoms with E-state index in [0.29, 0.717) is 19.6 Å². The summed E-state index contributed by atoms with van der Waals surface area (Å²) in [5.41, 5.74) is 0. The average Bonchev–Trinajstić information content (AvgIpc) is 2.01. The number of carbonyl (C=O) groups excluding carboxylic acids is 2. The van der Waals surface area contributed by atoms with Gasteiger partial charge in [-0.05, 0) is 13.8 Å². The predicted molar refractivity (Wildman–Crippen MR) is 56.1 cm³/mol. The lowest BCUT2D eigenvalue weighted by molar-refractivity contribution is -0.124. The summed E-state index contributed by atoms with van der Waals surface area (Å²) in [5, 5.41) is 2.73. The Morgan fingerprint density at radius 2 is 2.21 bits per heavy atom. The number of likely N-dealkylation sites (tertiary alicyclic amines) is 1. The zero-order chi connectivity index (χ0) is 10.6. The van der Waals surface area contributed by atoms with Gasteiger partial charge in [-0.1, -0.05) is 12.2 Å². The highest BCUT2D eigenvalue weighted by atomic mass is 16.2. The van der Waals surface area contributed by atoms with E-state index in [2.05, 4.69) is 5.32 Å². The van der Waals surface area contributed by atoms with Gasteiger partial charge in [-0.15, -0.1) is 0 Å². The predicted octanol–water partition coefficient (Wildman–Crippen LogP) is 1.04. The van der Waals surface area contributed by atoms with Crippen LogP contribution in [0.25, 0.3) is 0 Å². The Morgan fingerprint density at radius 3 is 2.71 bits per heavy atom. The molecule has 80 valence electrons. The number of nitrogens with zero attached hydrogens (tertiary/aromatic N) is 1. The molecule has 0 aromatic carbocycles. The van der Waals surface area contributed by atoms with Crippen molar-refractivity contribution in [3.63, 3.8) is 0 Å². The standard InChI is InChI=1S/C10H16N2O2.H2/c1-3-4-5-11-10(14)12-6-9(7-12)8(2)13;/h3-4,9H,5-7H2,1-2H3,(H,11,14);1H/b4-3+;. The summed E-state index contributed by atoms with van der Waals surface area (Å²) in [5.74, 6) is 0.227. The molecule has 1 heterocycles. The van der Waals surface area contributed by atoms with Gasteiger partial charge in [0.2, 0.25) is 0 Å². The van der Waals surface area contributed by atoms with Crippen molar-refractivity contribution in [1.82, 2.24) is 10.2 Å². The van der Waals surface area contributed by atoms with Crippen LogP contribution in [0.15, 0.2) is 12.2 Å². The molecule has 0 bridgehead atoms. The van der Waals surface area contributed by atoms with E-state index in [1.165, 1.54) is 0 Å². The Kier molecular flexibility index (Phi) is 3.68. The van der Waals surface area contributed by atoms with Crippen LogP contribution < -0.4 is 5.32 Å². The highest BCUT2D eigenvalue weighted by Crippen LogP contribution is 2.15. The second-order valence-corrected chi connectivity index (χ2v) is 3.47. The van der Waals surface area contributed by atoms with Crippen molar-refractivity contribution in [3.05, 3.63) is 12.2 Å². The number of carbonyl (C=O) groups is 2. The van der Waals surface area contributed by atoms with E-state index in [9.17, 15) is 9.59 Å². The Balaban J connectivity index is 0.00000196. The summed E-state index contributed by atoms with van der Waals surface area (Å²) in [7, 11) is 0. The second kappa shape index (κ2) is 4.79. The first kappa shape index (κ1) is 10.8. The van der Waals surface area contributed by atoms with Gasteiger partial charge in [-0.2, -0.15) is 0 Å². The zero-order valence-electron chi connectivity index (χ0n) is 8.62. The molecule has 1 aliphatic rings. The van der Waals surface area contributed by atoms with E-state index in [1.807, 2.05) is 19.1 Å². The van der Waals surface area contributed by atoms with Crippen LogP contribution in [0.2, 0.25) is 0 Å². The van der Waals surface area contributed by atoms with Crippen molar-refractivity contribution >= 4 is 11.8 Å². The molecular formula is C10H18N2O2. The average molecular weight is 198 g/mol. The molecule has 1 rings (SSSR count). The quantitative estimate of drug-likeness (QED) is 0.689. The van der Waals surface area contributed by atoms with Crippen molar-refractivity contribution in [2.24, 2.45) is 5.92 Å². The van der Waals surface area contributed by atoms with Gasteiger partial charge in [-0.25, -0.2) is 4.79 Å². The van der Waals surface area contributed by atoms with Crippen LogP contribution in [0.5, 0.6) is 0 Å². The maximum atomic E-state index is 11.3. The molecule has 1 N–H and O–H groups in total. The van der Waals surface area contributed by atoms with Gasteiger partial charge in [0.15, 0.2) is 0 Å². The number of Topliss-reactive ketones (excluding diaryl/α,β-unsaturated/α-hetero) is 1. The molecule has 4 nitrogen and oxygen atoms in total. The third-order valence-electron chi connectivity index (χ3n) is 2.35. The highest BCUT2D eigenvalue weighted by Gasteiger charge is 2.33. The topological polar surface area (TPSA) is 49.4 Å². The number of nitrogens with one attached hydrogen (secondary N) is 1. The van der Waals surface area contributed by atoms with Crippen molar-refractivity contribution in [2.45, 2.75) is 13.8 Å². The molecule has 0 aromatic rings. The Bertz CT molecular complexity index is 260. The summed E-state index contributed by atoms with van der Waals surface area (Å²) < 4.78 is 0. The van der Waals surface area contributed by atoms with E-state index in [4.69, 9.17) is 0 Å². The number of urea groups is 1. The van der Waals surface area contributed by atoms with Gasteiger partial charge in [0.05, 0.1) is 5.92 Å². The molecule has 0 spiro atoms. The first-order valence-electron chi connectivity index (χ1n) is 4.79. The monoisotopic (exact) mass is 198 g/mol. The third kappa shape index (κ3) is 2.58. The van der Waals surface area contributed by atoms with Crippen molar-refractivity contribution in [2.75, 3.05) is 19.6 Å². The van der Waals surface area contributed by atoms with E-state index in [-0.39, 0.29) is 19.2 Å². The molecule has 0 radical (unpaired) electrons. The van der Waals surface area contributed by atoms with Crippen LogP contribution in [-0.2, 0) is 4.79 Å². The van der Waals surface area contributed by atoms with E-state index in [1.54, 1.807) is 11.8 Å². The van der Waals surface area contributed by atoms with E-state index in [0.717, 1.165) is 0 Å². The Hall–Kier alpha value is -1.32. The molecule has 14 heavy (non-hydrogen) atoms.